The van der Waals surface area contributed by atoms with Crippen molar-refractivity contribution in [2.75, 3.05) is 17.1 Å². The van der Waals surface area contributed by atoms with E-state index >= 15 is 0 Å². The highest BCUT2D eigenvalue weighted by Crippen LogP contribution is 2.60. The van der Waals surface area contributed by atoms with Crippen molar-refractivity contribution in [1.82, 2.24) is 10.2 Å². The average Bonchev–Trinajstić information content (AvgIpc) is 3.47. The van der Waals surface area contributed by atoms with Crippen molar-refractivity contribution in [3.63, 3.8) is 0 Å². The molecular formula is C34H44ClN3O4S. The van der Waals surface area contributed by atoms with Crippen LogP contribution in [0.1, 0.15) is 82.3 Å². The minimum absolute atomic E-state index is 0.113. The first-order valence-corrected chi connectivity index (χ1v) is 18.1. The SMILES string of the molecule is C[C@H](C(=O)NC1CCCC1)N(Cc1ccc(Cl)cc1)C(=O)CN(c1ccc(C23CC4CC(CC(C4)C2)C3)cc1)S(C)(=O)=O. The number of carbonyl (C=O) groups excluding carboxylic acids is 2. The van der Waals surface area contributed by atoms with Crippen molar-refractivity contribution in [2.45, 2.75) is 95.2 Å². The fourth-order valence-electron chi connectivity index (χ4n) is 8.82. The zero-order valence-corrected chi connectivity index (χ0v) is 26.9. The summed E-state index contributed by atoms with van der Waals surface area (Å²) in [5, 5.41) is 3.68. The van der Waals surface area contributed by atoms with Crippen molar-refractivity contribution in [3.8, 4) is 0 Å². The van der Waals surface area contributed by atoms with Gasteiger partial charge in [-0.3, -0.25) is 13.9 Å². The largest absolute Gasteiger partial charge is 0.352 e. The Kier molecular flexibility index (Phi) is 8.55. The molecule has 232 valence electrons. The third kappa shape index (κ3) is 6.60. The Balaban J connectivity index is 1.22. The molecule has 2 amide bonds. The van der Waals surface area contributed by atoms with Crippen LogP contribution in [0.5, 0.6) is 0 Å². The summed E-state index contributed by atoms with van der Waals surface area (Å²) in [6, 6.07) is 14.4. The summed E-state index contributed by atoms with van der Waals surface area (Å²) in [4.78, 5) is 28.7. The maximum atomic E-state index is 13.9. The van der Waals surface area contributed by atoms with E-state index < -0.39 is 22.0 Å². The Morgan fingerprint density at radius 3 is 2.02 bits per heavy atom. The number of anilines is 1. The predicted octanol–water partition coefficient (Wildman–Crippen LogP) is 6.05. The Hall–Kier alpha value is -2.58. The van der Waals surface area contributed by atoms with Crippen LogP contribution in [-0.2, 0) is 31.6 Å². The normalized spacial score (nSPS) is 27.2. The molecule has 5 saturated carbocycles. The van der Waals surface area contributed by atoms with E-state index in [0.29, 0.717) is 10.7 Å². The van der Waals surface area contributed by atoms with Crippen LogP contribution in [-0.4, -0.2) is 50.0 Å². The first kappa shape index (κ1) is 30.4. The van der Waals surface area contributed by atoms with Crippen molar-refractivity contribution in [2.24, 2.45) is 17.8 Å². The average molecular weight is 626 g/mol. The van der Waals surface area contributed by atoms with Crippen LogP contribution in [0.25, 0.3) is 0 Å². The van der Waals surface area contributed by atoms with Gasteiger partial charge in [0, 0.05) is 17.6 Å². The van der Waals surface area contributed by atoms with Crippen LogP contribution >= 0.6 is 11.6 Å². The molecule has 0 aliphatic heterocycles. The molecule has 4 bridgehead atoms. The van der Waals surface area contributed by atoms with Gasteiger partial charge < -0.3 is 10.2 Å². The minimum Gasteiger partial charge on any atom is -0.352 e. The van der Waals surface area contributed by atoms with Crippen molar-refractivity contribution in [1.29, 1.82) is 0 Å². The molecule has 43 heavy (non-hydrogen) atoms. The van der Waals surface area contributed by atoms with E-state index in [-0.39, 0.29) is 30.5 Å². The first-order valence-electron chi connectivity index (χ1n) is 15.9. The molecule has 0 unspecified atom stereocenters. The number of hydrogen-bond acceptors (Lipinski definition) is 4. The molecule has 2 aromatic rings. The second-order valence-corrected chi connectivity index (χ2v) is 16.2. The lowest BCUT2D eigenvalue weighted by atomic mass is 9.48. The Bertz CT molecular complexity index is 1400. The lowest BCUT2D eigenvalue weighted by molar-refractivity contribution is -0.139. The van der Waals surface area contributed by atoms with Crippen LogP contribution in [0.2, 0.25) is 5.02 Å². The highest BCUT2D eigenvalue weighted by atomic mass is 35.5. The first-order chi connectivity index (χ1) is 20.5. The third-order valence-corrected chi connectivity index (χ3v) is 12.0. The van der Waals surface area contributed by atoms with E-state index in [1.165, 1.54) is 53.3 Å². The van der Waals surface area contributed by atoms with Gasteiger partial charge in [-0.05, 0) is 117 Å². The lowest BCUT2D eigenvalue weighted by Gasteiger charge is -2.57. The smallest absolute Gasteiger partial charge is 0.244 e. The van der Waals surface area contributed by atoms with Crippen LogP contribution in [0.4, 0.5) is 5.69 Å². The van der Waals surface area contributed by atoms with Gasteiger partial charge in [0.2, 0.25) is 21.8 Å². The quantitative estimate of drug-likeness (QED) is 0.348. The van der Waals surface area contributed by atoms with E-state index in [0.717, 1.165) is 55.3 Å². The lowest BCUT2D eigenvalue weighted by Crippen LogP contribution is -2.52. The fourth-order valence-corrected chi connectivity index (χ4v) is 9.80. The van der Waals surface area contributed by atoms with Gasteiger partial charge in [0.15, 0.2) is 0 Å². The number of halogens is 1. The van der Waals surface area contributed by atoms with Gasteiger partial charge in [-0.25, -0.2) is 8.42 Å². The van der Waals surface area contributed by atoms with Crippen molar-refractivity contribution < 1.29 is 18.0 Å². The number of carbonyl (C=O) groups is 2. The number of hydrogen-bond donors (Lipinski definition) is 1. The molecule has 7 rings (SSSR count). The molecule has 7 nitrogen and oxygen atoms in total. The second kappa shape index (κ2) is 12.1. The highest BCUT2D eigenvalue weighted by molar-refractivity contribution is 7.92. The molecule has 1 N–H and O–H groups in total. The van der Waals surface area contributed by atoms with E-state index in [1.54, 1.807) is 19.1 Å². The van der Waals surface area contributed by atoms with Crippen LogP contribution in [0.3, 0.4) is 0 Å². The summed E-state index contributed by atoms with van der Waals surface area (Å²) in [6.07, 6.45) is 13.0. The summed E-state index contributed by atoms with van der Waals surface area (Å²) >= 11 is 6.09. The molecule has 5 aliphatic rings. The van der Waals surface area contributed by atoms with E-state index in [9.17, 15) is 18.0 Å². The highest BCUT2D eigenvalue weighted by Gasteiger charge is 2.51. The molecule has 2 aromatic carbocycles. The molecule has 0 heterocycles. The summed E-state index contributed by atoms with van der Waals surface area (Å²) < 4.78 is 27.4. The van der Waals surface area contributed by atoms with Crippen molar-refractivity contribution >= 4 is 39.1 Å². The Labute approximate surface area is 261 Å². The monoisotopic (exact) mass is 625 g/mol. The number of rotatable bonds is 10. The summed E-state index contributed by atoms with van der Waals surface area (Å²) in [5.41, 5.74) is 2.79. The van der Waals surface area contributed by atoms with Gasteiger partial charge in [-0.2, -0.15) is 0 Å². The van der Waals surface area contributed by atoms with Crippen LogP contribution in [0, 0.1) is 17.8 Å². The zero-order chi connectivity index (χ0) is 30.4. The number of sulfonamides is 1. The number of nitrogens with one attached hydrogen (secondary N) is 1. The summed E-state index contributed by atoms with van der Waals surface area (Å²) in [6.45, 7) is 1.49. The maximum Gasteiger partial charge on any atom is 0.244 e. The van der Waals surface area contributed by atoms with E-state index in [1.807, 2.05) is 24.3 Å². The number of nitrogens with zero attached hydrogens (tertiary/aromatic N) is 2. The van der Waals surface area contributed by atoms with Crippen molar-refractivity contribution in [3.05, 3.63) is 64.7 Å². The Morgan fingerprint density at radius 2 is 1.49 bits per heavy atom. The predicted molar refractivity (Wildman–Crippen MR) is 170 cm³/mol. The van der Waals surface area contributed by atoms with Crippen LogP contribution < -0.4 is 9.62 Å². The molecule has 9 heteroatoms. The molecule has 5 fully saturated rings. The number of benzene rings is 2. The third-order valence-electron chi connectivity index (χ3n) is 10.6. The van der Waals surface area contributed by atoms with Gasteiger partial charge in [0.1, 0.15) is 12.6 Å². The summed E-state index contributed by atoms with van der Waals surface area (Å²) in [5.74, 6) is 1.79. The molecule has 0 radical (unpaired) electrons. The van der Waals surface area contributed by atoms with E-state index in [4.69, 9.17) is 11.6 Å². The molecule has 1 atom stereocenters. The van der Waals surface area contributed by atoms with Gasteiger partial charge in [0.25, 0.3) is 0 Å². The molecule has 0 aromatic heterocycles. The Morgan fingerprint density at radius 1 is 0.930 bits per heavy atom. The topological polar surface area (TPSA) is 86.8 Å². The van der Waals surface area contributed by atoms with Gasteiger partial charge in [0.05, 0.1) is 11.9 Å². The molecule has 5 aliphatic carbocycles. The van der Waals surface area contributed by atoms with Gasteiger partial charge in [-0.1, -0.05) is 48.7 Å². The zero-order valence-electron chi connectivity index (χ0n) is 25.3. The fraction of sp³-hybridized carbons (Fsp3) is 0.588. The standard InChI is InChI=1S/C34H44ClN3O4S/c1-23(33(40)36-30-5-3-4-6-30)37(21-24-7-11-29(35)12-8-24)32(39)22-38(43(2,41)42)31-13-9-28(10-14-31)34-18-25-15-26(19-34)17-27(16-25)20-34/h7-14,23,25-27,30H,3-6,15-22H2,1-2H3,(H,36,40)/t23-,25?,26?,27?,34?/m1/s1. The molecule has 0 saturated heterocycles. The van der Waals surface area contributed by atoms with E-state index in [2.05, 4.69) is 17.4 Å². The maximum absolute atomic E-state index is 13.9. The minimum atomic E-state index is -3.78. The summed E-state index contributed by atoms with van der Waals surface area (Å²) in [7, 11) is -3.78. The molecular weight excluding hydrogens is 582 g/mol. The van der Waals surface area contributed by atoms with Crippen LogP contribution in [0.15, 0.2) is 48.5 Å². The van der Waals surface area contributed by atoms with Gasteiger partial charge in [-0.15, -0.1) is 0 Å². The second-order valence-electron chi connectivity index (χ2n) is 13.8. The van der Waals surface area contributed by atoms with Gasteiger partial charge >= 0.3 is 0 Å². The molecule has 0 spiro atoms. The number of amides is 2.